The Morgan fingerprint density at radius 3 is 2.85 bits per heavy atom. The monoisotopic (exact) mass is 267 g/mol. The van der Waals surface area contributed by atoms with Crippen LogP contribution in [0.2, 0.25) is 0 Å². The first-order chi connectivity index (χ1) is 9.86. The summed E-state index contributed by atoms with van der Waals surface area (Å²) in [5.74, 6) is 2.10. The van der Waals surface area contributed by atoms with E-state index in [1.807, 2.05) is 7.05 Å². The van der Waals surface area contributed by atoms with Gasteiger partial charge >= 0.3 is 0 Å². The lowest BCUT2D eigenvalue weighted by molar-refractivity contribution is 0.356. The SMILES string of the molecule is CNc1cccc(-c2c3c(cc4c2OCC4)OCC3)c1. The van der Waals surface area contributed by atoms with E-state index >= 15 is 0 Å². The van der Waals surface area contributed by atoms with Crippen LogP contribution in [-0.2, 0) is 12.8 Å². The van der Waals surface area contributed by atoms with E-state index in [1.54, 1.807) is 0 Å². The standard InChI is InChI=1S/C17H17NO2/c1-18-13-4-2-3-11(9-13)16-14-6-8-19-15(14)10-12-5-7-20-17(12)16/h2-4,9-10,18H,5-8H2,1H3. The first kappa shape index (κ1) is 11.6. The second-order valence-electron chi connectivity index (χ2n) is 5.24. The zero-order valence-electron chi connectivity index (χ0n) is 11.5. The summed E-state index contributed by atoms with van der Waals surface area (Å²) in [6, 6.07) is 10.6. The minimum absolute atomic E-state index is 0.775. The van der Waals surface area contributed by atoms with E-state index in [0.717, 1.165) is 43.2 Å². The van der Waals surface area contributed by atoms with Crippen LogP contribution < -0.4 is 14.8 Å². The van der Waals surface area contributed by atoms with E-state index in [4.69, 9.17) is 9.47 Å². The Hall–Kier alpha value is -2.16. The molecule has 0 fully saturated rings. The van der Waals surface area contributed by atoms with E-state index in [2.05, 4.69) is 35.6 Å². The summed E-state index contributed by atoms with van der Waals surface area (Å²) in [7, 11) is 1.94. The summed E-state index contributed by atoms with van der Waals surface area (Å²) in [5, 5.41) is 3.20. The smallest absolute Gasteiger partial charge is 0.130 e. The minimum Gasteiger partial charge on any atom is -0.493 e. The third kappa shape index (κ3) is 1.66. The Bertz CT molecular complexity index is 647. The summed E-state index contributed by atoms with van der Waals surface area (Å²) < 4.78 is 11.7. The van der Waals surface area contributed by atoms with Crippen LogP contribution in [0.25, 0.3) is 11.1 Å². The van der Waals surface area contributed by atoms with E-state index in [1.165, 1.54) is 22.3 Å². The minimum atomic E-state index is 0.775. The number of nitrogens with one attached hydrogen (secondary N) is 1. The Kier molecular flexibility index (Phi) is 2.59. The fourth-order valence-electron chi connectivity index (χ4n) is 3.12. The predicted molar refractivity (Wildman–Crippen MR) is 79.8 cm³/mol. The number of rotatable bonds is 2. The van der Waals surface area contributed by atoms with Crippen LogP contribution in [0.15, 0.2) is 30.3 Å². The van der Waals surface area contributed by atoms with Crippen molar-refractivity contribution >= 4 is 5.69 Å². The molecule has 1 N–H and O–H groups in total. The van der Waals surface area contributed by atoms with Crippen molar-refractivity contribution in [2.75, 3.05) is 25.6 Å². The molecular formula is C17H17NO2. The van der Waals surface area contributed by atoms with Crippen molar-refractivity contribution < 1.29 is 9.47 Å². The molecule has 2 aliphatic rings. The van der Waals surface area contributed by atoms with E-state index < -0.39 is 0 Å². The van der Waals surface area contributed by atoms with Gasteiger partial charge in [-0.1, -0.05) is 12.1 Å². The van der Waals surface area contributed by atoms with Gasteiger partial charge < -0.3 is 14.8 Å². The van der Waals surface area contributed by atoms with Gasteiger partial charge in [-0.05, 0) is 23.8 Å². The van der Waals surface area contributed by atoms with Crippen molar-refractivity contribution in [1.82, 2.24) is 0 Å². The molecule has 2 aromatic rings. The van der Waals surface area contributed by atoms with Crippen molar-refractivity contribution in [3.05, 3.63) is 41.5 Å². The average molecular weight is 267 g/mol. The average Bonchev–Trinajstić information content (AvgIpc) is 3.12. The van der Waals surface area contributed by atoms with Gasteiger partial charge in [-0.3, -0.25) is 0 Å². The van der Waals surface area contributed by atoms with Crippen molar-refractivity contribution in [1.29, 1.82) is 0 Å². The van der Waals surface area contributed by atoms with E-state index in [-0.39, 0.29) is 0 Å². The highest BCUT2D eigenvalue weighted by atomic mass is 16.5. The summed E-state index contributed by atoms with van der Waals surface area (Å²) in [6.07, 6.45) is 1.94. The van der Waals surface area contributed by atoms with Crippen molar-refractivity contribution in [2.24, 2.45) is 0 Å². The van der Waals surface area contributed by atoms with Crippen LogP contribution in [0.5, 0.6) is 11.5 Å². The lowest BCUT2D eigenvalue weighted by Crippen LogP contribution is -1.94. The maximum absolute atomic E-state index is 5.91. The third-order valence-electron chi connectivity index (χ3n) is 4.09. The number of hydrogen-bond acceptors (Lipinski definition) is 3. The van der Waals surface area contributed by atoms with Gasteiger partial charge in [0.25, 0.3) is 0 Å². The first-order valence-corrected chi connectivity index (χ1v) is 7.09. The summed E-state index contributed by atoms with van der Waals surface area (Å²) in [6.45, 7) is 1.55. The molecule has 0 saturated heterocycles. The molecule has 20 heavy (non-hydrogen) atoms. The van der Waals surface area contributed by atoms with Gasteiger partial charge in [0.1, 0.15) is 11.5 Å². The molecule has 3 heteroatoms. The Morgan fingerprint density at radius 2 is 1.95 bits per heavy atom. The largest absolute Gasteiger partial charge is 0.493 e. The molecule has 4 rings (SSSR count). The van der Waals surface area contributed by atoms with Crippen molar-refractivity contribution in [3.63, 3.8) is 0 Å². The maximum atomic E-state index is 5.91. The normalized spacial score (nSPS) is 15.2. The lowest BCUT2D eigenvalue weighted by atomic mass is 9.94. The molecule has 0 saturated carbocycles. The molecular weight excluding hydrogens is 250 g/mol. The number of benzene rings is 2. The summed E-state index contributed by atoms with van der Waals surface area (Å²) in [5.41, 5.74) is 6.11. The van der Waals surface area contributed by atoms with Crippen molar-refractivity contribution in [3.8, 4) is 22.6 Å². The van der Waals surface area contributed by atoms with Crippen LogP contribution in [0.4, 0.5) is 5.69 Å². The van der Waals surface area contributed by atoms with Gasteiger partial charge in [0, 0.05) is 42.3 Å². The van der Waals surface area contributed by atoms with Gasteiger partial charge in [-0.15, -0.1) is 0 Å². The van der Waals surface area contributed by atoms with Gasteiger partial charge in [-0.2, -0.15) is 0 Å². The van der Waals surface area contributed by atoms with Crippen LogP contribution in [0, 0.1) is 0 Å². The Labute approximate surface area is 118 Å². The highest BCUT2D eigenvalue weighted by Crippen LogP contribution is 2.46. The highest BCUT2D eigenvalue weighted by Gasteiger charge is 2.27. The van der Waals surface area contributed by atoms with Gasteiger partial charge in [0.2, 0.25) is 0 Å². The molecule has 2 heterocycles. The second kappa shape index (κ2) is 4.44. The Balaban J connectivity index is 1.96. The number of ether oxygens (including phenoxy) is 2. The highest BCUT2D eigenvalue weighted by molar-refractivity contribution is 5.81. The van der Waals surface area contributed by atoms with E-state index in [0.29, 0.717) is 0 Å². The molecule has 0 unspecified atom stereocenters. The molecule has 102 valence electrons. The summed E-state index contributed by atoms with van der Waals surface area (Å²) >= 11 is 0. The second-order valence-corrected chi connectivity index (χ2v) is 5.24. The molecule has 3 nitrogen and oxygen atoms in total. The van der Waals surface area contributed by atoms with Crippen molar-refractivity contribution in [2.45, 2.75) is 12.8 Å². The third-order valence-corrected chi connectivity index (χ3v) is 4.09. The van der Waals surface area contributed by atoms with Gasteiger partial charge in [0.15, 0.2) is 0 Å². The number of anilines is 1. The molecule has 0 aromatic heterocycles. The lowest BCUT2D eigenvalue weighted by Gasteiger charge is -2.14. The molecule has 2 aliphatic heterocycles. The first-order valence-electron chi connectivity index (χ1n) is 7.09. The topological polar surface area (TPSA) is 30.5 Å². The van der Waals surface area contributed by atoms with Gasteiger partial charge in [-0.25, -0.2) is 0 Å². The zero-order valence-corrected chi connectivity index (χ0v) is 11.5. The molecule has 0 spiro atoms. The molecule has 0 bridgehead atoms. The molecule has 0 aliphatic carbocycles. The maximum Gasteiger partial charge on any atom is 0.130 e. The van der Waals surface area contributed by atoms with Crippen LogP contribution in [-0.4, -0.2) is 20.3 Å². The van der Waals surface area contributed by atoms with Gasteiger partial charge in [0.05, 0.1) is 13.2 Å². The predicted octanol–water partition coefficient (Wildman–Crippen LogP) is 3.27. The quantitative estimate of drug-likeness (QED) is 0.906. The number of fused-ring (bicyclic) bond motifs is 2. The fourth-order valence-corrected chi connectivity index (χ4v) is 3.12. The molecule has 0 amide bonds. The Morgan fingerprint density at radius 1 is 1.05 bits per heavy atom. The fraction of sp³-hybridized carbons (Fsp3) is 0.294. The van der Waals surface area contributed by atoms with Crippen LogP contribution in [0.1, 0.15) is 11.1 Å². The molecule has 2 aromatic carbocycles. The van der Waals surface area contributed by atoms with Crippen LogP contribution >= 0.6 is 0 Å². The number of hydrogen-bond donors (Lipinski definition) is 1. The zero-order chi connectivity index (χ0) is 13.5. The summed E-state index contributed by atoms with van der Waals surface area (Å²) in [4.78, 5) is 0. The molecule has 0 atom stereocenters. The van der Waals surface area contributed by atoms with Crippen LogP contribution in [0.3, 0.4) is 0 Å². The van der Waals surface area contributed by atoms with E-state index in [9.17, 15) is 0 Å². The molecule has 0 radical (unpaired) electrons.